The SMILES string of the molecule is CC/C=C\C/C=C\C/C=C\C/C=C\CCCCC(=O)NCCOP(=O)(O)OCC(O)COC(=O)CCCCCCCCCC/C=C\C/C=C\C/C=C\CCCCC. The molecule has 0 spiro atoms. The van der Waals surface area contributed by atoms with Gasteiger partial charge in [-0.05, 0) is 89.9 Å². The number of carbonyl (C=O) groups is 2. The zero-order valence-corrected chi connectivity index (χ0v) is 36.6. The fourth-order valence-electron chi connectivity index (χ4n) is 5.49. The fourth-order valence-corrected chi connectivity index (χ4v) is 6.25. The average molecular weight is 818 g/mol. The third-order valence-electron chi connectivity index (χ3n) is 8.81. The second-order valence-corrected chi connectivity index (χ2v) is 15.7. The Morgan fingerprint density at radius 2 is 1.00 bits per heavy atom. The Labute approximate surface area is 347 Å². The van der Waals surface area contributed by atoms with Gasteiger partial charge in [-0.25, -0.2) is 4.57 Å². The van der Waals surface area contributed by atoms with Gasteiger partial charge in [0.2, 0.25) is 5.91 Å². The lowest BCUT2D eigenvalue weighted by atomic mass is 10.1. The van der Waals surface area contributed by atoms with Crippen LogP contribution in [0.4, 0.5) is 0 Å². The molecular formula is C47H80NO8P. The molecule has 0 aromatic rings. The van der Waals surface area contributed by atoms with Gasteiger partial charge in [0.1, 0.15) is 12.7 Å². The van der Waals surface area contributed by atoms with Gasteiger partial charge in [-0.2, -0.15) is 0 Å². The summed E-state index contributed by atoms with van der Waals surface area (Å²) in [6.45, 7) is 3.33. The highest BCUT2D eigenvalue weighted by Crippen LogP contribution is 2.42. The lowest BCUT2D eigenvalue weighted by Gasteiger charge is -2.15. The first-order valence-corrected chi connectivity index (χ1v) is 23.6. The van der Waals surface area contributed by atoms with E-state index < -0.39 is 26.5 Å². The van der Waals surface area contributed by atoms with E-state index in [4.69, 9.17) is 13.8 Å². The summed E-state index contributed by atoms with van der Waals surface area (Å²) in [6.07, 6.45) is 53.7. The maximum atomic E-state index is 12.1. The summed E-state index contributed by atoms with van der Waals surface area (Å²) < 4.78 is 26.9. The highest BCUT2D eigenvalue weighted by atomic mass is 31.2. The number of aliphatic hydroxyl groups is 1. The number of nitrogens with one attached hydrogen (secondary N) is 1. The molecule has 0 fully saturated rings. The second kappa shape index (κ2) is 42.8. The predicted octanol–water partition coefficient (Wildman–Crippen LogP) is 12.4. The summed E-state index contributed by atoms with van der Waals surface area (Å²) >= 11 is 0. The Hall–Kier alpha value is -2.81. The van der Waals surface area contributed by atoms with Crippen molar-refractivity contribution in [1.29, 1.82) is 0 Å². The number of carbonyl (C=O) groups excluding carboxylic acids is 2. The molecule has 0 aromatic carbocycles. The zero-order chi connectivity index (χ0) is 41.8. The molecule has 3 N–H and O–H groups in total. The van der Waals surface area contributed by atoms with Crippen LogP contribution in [0.2, 0.25) is 0 Å². The monoisotopic (exact) mass is 818 g/mol. The third kappa shape index (κ3) is 44.1. The number of aliphatic hydroxyl groups excluding tert-OH is 1. The average Bonchev–Trinajstić information content (AvgIpc) is 3.20. The Bertz CT molecular complexity index is 1210. The molecule has 9 nitrogen and oxygen atoms in total. The Morgan fingerprint density at radius 1 is 0.561 bits per heavy atom. The van der Waals surface area contributed by atoms with E-state index in [-0.39, 0.29) is 32.1 Å². The number of ether oxygens (including phenoxy) is 1. The summed E-state index contributed by atoms with van der Waals surface area (Å²) in [5, 5.41) is 12.7. The summed E-state index contributed by atoms with van der Waals surface area (Å²) in [5.41, 5.74) is 0. The topological polar surface area (TPSA) is 131 Å². The summed E-state index contributed by atoms with van der Waals surface area (Å²) in [4.78, 5) is 33.9. The normalized spacial score (nSPS) is 14.1. The fraction of sp³-hybridized carbons (Fsp3) is 0.660. The van der Waals surface area contributed by atoms with E-state index in [1.165, 1.54) is 51.4 Å². The van der Waals surface area contributed by atoms with Crippen LogP contribution in [0.3, 0.4) is 0 Å². The number of phosphoric acid groups is 1. The molecule has 10 heteroatoms. The van der Waals surface area contributed by atoms with Crippen LogP contribution in [-0.4, -0.2) is 54.3 Å². The minimum atomic E-state index is -4.44. The number of amides is 1. The van der Waals surface area contributed by atoms with E-state index in [1.54, 1.807) is 0 Å². The van der Waals surface area contributed by atoms with E-state index in [0.717, 1.165) is 89.9 Å². The van der Waals surface area contributed by atoms with Gasteiger partial charge in [0.05, 0.1) is 13.2 Å². The van der Waals surface area contributed by atoms with Crippen molar-refractivity contribution in [1.82, 2.24) is 5.32 Å². The minimum absolute atomic E-state index is 0.0537. The molecule has 0 aliphatic rings. The van der Waals surface area contributed by atoms with Crippen molar-refractivity contribution in [2.45, 2.75) is 174 Å². The van der Waals surface area contributed by atoms with Gasteiger partial charge < -0.3 is 20.1 Å². The minimum Gasteiger partial charge on any atom is -0.463 e. The maximum absolute atomic E-state index is 12.1. The van der Waals surface area contributed by atoms with Crippen LogP contribution < -0.4 is 5.32 Å². The summed E-state index contributed by atoms with van der Waals surface area (Å²) in [6, 6.07) is 0. The van der Waals surface area contributed by atoms with E-state index in [0.29, 0.717) is 6.42 Å². The molecule has 0 heterocycles. The Morgan fingerprint density at radius 3 is 1.53 bits per heavy atom. The van der Waals surface area contributed by atoms with Gasteiger partial charge in [0.15, 0.2) is 0 Å². The van der Waals surface area contributed by atoms with Crippen LogP contribution in [-0.2, 0) is 27.9 Å². The highest BCUT2D eigenvalue weighted by molar-refractivity contribution is 7.47. The maximum Gasteiger partial charge on any atom is 0.472 e. The van der Waals surface area contributed by atoms with Gasteiger partial charge in [0.25, 0.3) is 0 Å². The number of phosphoric ester groups is 1. The first kappa shape index (κ1) is 54.2. The number of hydrogen-bond acceptors (Lipinski definition) is 7. The van der Waals surface area contributed by atoms with Crippen LogP contribution >= 0.6 is 7.82 Å². The van der Waals surface area contributed by atoms with Gasteiger partial charge in [-0.1, -0.05) is 150 Å². The first-order valence-electron chi connectivity index (χ1n) is 22.1. The summed E-state index contributed by atoms with van der Waals surface area (Å²) in [5.74, 6) is -0.573. The molecule has 0 aliphatic heterocycles. The van der Waals surface area contributed by atoms with E-state index >= 15 is 0 Å². The van der Waals surface area contributed by atoms with Crippen molar-refractivity contribution in [3.05, 3.63) is 85.1 Å². The number of esters is 1. The zero-order valence-electron chi connectivity index (χ0n) is 35.8. The van der Waals surface area contributed by atoms with Crippen molar-refractivity contribution in [2.24, 2.45) is 0 Å². The molecule has 2 unspecified atom stereocenters. The molecule has 0 saturated heterocycles. The van der Waals surface area contributed by atoms with Crippen LogP contribution in [0, 0.1) is 0 Å². The number of unbranched alkanes of at least 4 members (excludes halogenated alkanes) is 13. The van der Waals surface area contributed by atoms with Crippen molar-refractivity contribution in [3.63, 3.8) is 0 Å². The molecule has 0 aliphatic carbocycles. The smallest absolute Gasteiger partial charge is 0.463 e. The molecule has 1 amide bonds. The molecule has 0 rings (SSSR count). The van der Waals surface area contributed by atoms with E-state index in [9.17, 15) is 24.2 Å². The Kier molecular flexibility index (Phi) is 40.7. The van der Waals surface area contributed by atoms with Crippen LogP contribution in [0.25, 0.3) is 0 Å². The molecule has 0 bridgehead atoms. The molecular weight excluding hydrogens is 737 g/mol. The van der Waals surface area contributed by atoms with Gasteiger partial charge in [-0.3, -0.25) is 18.6 Å². The van der Waals surface area contributed by atoms with E-state index in [1.807, 2.05) is 0 Å². The highest BCUT2D eigenvalue weighted by Gasteiger charge is 2.23. The molecule has 0 aromatic heterocycles. The molecule has 326 valence electrons. The van der Waals surface area contributed by atoms with Crippen molar-refractivity contribution in [2.75, 3.05) is 26.4 Å². The van der Waals surface area contributed by atoms with Crippen LogP contribution in [0.1, 0.15) is 168 Å². The van der Waals surface area contributed by atoms with Crippen molar-refractivity contribution in [3.8, 4) is 0 Å². The largest absolute Gasteiger partial charge is 0.472 e. The van der Waals surface area contributed by atoms with Crippen LogP contribution in [0.5, 0.6) is 0 Å². The van der Waals surface area contributed by atoms with Gasteiger partial charge in [0, 0.05) is 19.4 Å². The Balaban J connectivity index is 3.67. The second-order valence-electron chi connectivity index (χ2n) is 14.3. The molecule has 57 heavy (non-hydrogen) atoms. The third-order valence-corrected chi connectivity index (χ3v) is 9.79. The number of hydrogen-bond donors (Lipinski definition) is 3. The quantitative estimate of drug-likeness (QED) is 0.0241. The molecule has 2 atom stereocenters. The number of allylic oxidation sites excluding steroid dienone is 14. The first-order chi connectivity index (χ1) is 27.8. The van der Waals surface area contributed by atoms with Crippen molar-refractivity contribution < 1.29 is 37.9 Å². The van der Waals surface area contributed by atoms with Crippen molar-refractivity contribution >= 4 is 19.7 Å². The van der Waals surface area contributed by atoms with Gasteiger partial charge in [-0.15, -0.1) is 0 Å². The lowest BCUT2D eigenvalue weighted by molar-refractivity contribution is -0.147. The standard InChI is InChI=1S/C47H80NO8P/c1-3-5-7-9-11-13-15-17-19-20-21-22-23-24-26-28-30-32-34-36-38-40-47(51)54-43-45(49)44-56-57(52,53)55-42-41-48-46(50)39-37-35-33-31-29-27-25-18-16-14-12-10-8-6-4-2/h6,8,11-14,17-19,21-22,25,29,31,45,49H,3-5,7,9-10,15-16,20,23-24,26-28,30,32-44H2,1-2H3,(H,48,50)(H,52,53)/b8-6-,13-11-,14-12-,19-17-,22-21-,25-18-,31-29-. The van der Waals surface area contributed by atoms with Gasteiger partial charge >= 0.3 is 13.8 Å². The van der Waals surface area contributed by atoms with E-state index in [2.05, 4.69) is 104 Å². The molecule has 0 radical (unpaired) electrons. The molecule has 0 saturated carbocycles. The predicted molar refractivity (Wildman–Crippen MR) is 238 cm³/mol. The van der Waals surface area contributed by atoms with Crippen LogP contribution in [0.15, 0.2) is 85.1 Å². The summed E-state index contributed by atoms with van der Waals surface area (Å²) in [7, 11) is -4.44. The lowest BCUT2D eigenvalue weighted by Crippen LogP contribution is -2.27. The number of rotatable bonds is 40.